The van der Waals surface area contributed by atoms with Gasteiger partial charge in [-0.1, -0.05) is 0 Å². The number of ether oxygens (including phenoxy) is 1. The highest BCUT2D eigenvalue weighted by molar-refractivity contribution is 7.90. The van der Waals surface area contributed by atoms with Crippen molar-refractivity contribution in [2.75, 3.05) is 19.4 Å². The number of nitrogens with one attached hydrogen (secondary N) is 1. The Hall–Kier alpha value is -1.94. The highest BCUT2D eigenvalue weighted by atomic mass is 32.2. The summed E-state index contributed by atoms with van der Waals surface area (Å²) >= 11 is 0. The molecular weight excluding hydrogens is 382 g/mol. The van der Waals surface area contributed by atoms with E-state index in [-0.39, 0.29) is 4.90 Å². The van der Waals surface area contributed by atoms with Crippen molar-refractivity contribution in [1.29, 1.82) is 0 Å². The highest BCUT2D eigenvalue weighted by Gasteiger charge is 2.44. The minimum absolute atomic E-state index is 0.236. The van der Waals surface area contributed by atoms with Crippen LogP contribution in [0.2, 0.25) is 0 Å². The van der Waals surface area contributed by atoms with Crippen LogP contribution in [0.25, 0.3) is 0 Å². The van der Waals surface area contributed by atoms with Gasteiger partial charge in [0.1, 0.15) is 5.75 Å². The van der Waals surface area contributed by atoms with Gasteiger partial charge in [0.05, 0.1) is 29.9 Å². The van der Waals surface area contributed by atoms with Crippen LogP contribution < -0.4 is 10.1 Å². The average molecular weight is 410 g/mol. The normalized spacial score (nSPS) is 25.1. The van der Waals surface area contributed by atoms with Gasteiger partial charge in [-0.25, -0.2) is 8.42 Å². The summed E-state index contributed by atoms with van der Waals surface area (Å²) in [5.74, 6) is 0.551. The first kappa shape index (κ1) is 20.8. The van der Waals surface area contributed by atoms with Gasteiger partial charge in [-0.2, -0.15) is 5.10 Å². The molecule has 0 bridgehead atoms. The maximum Gasteiger partial charge on any atom is 0.175 e. The molecule has 2 unspecified atom stereocenters. The maximum atomic E-state index is 11.6. The molecule has 3 rings (SSSR count). The number of benzene rings is 1. The zero-order valence-electron chi connectivity index (χ0n) is 16.1. The summed E-state index contributed by atoms with van der Waals surface area (Å²) in [6, 6.07) is 6.26. The van der Waals surface area contributed by atoms with Crippen LogP contribution in [0.5, 0.6) is 5.75 Å². The molecule has 0 aliphatic heterocycles. The van der Waals surface area contributed by atoms with E-state index >= 15 is 0 Å². The Bertz CT molecular complexity index is 885. The third kappa shape index (κ3) is 5.11. The predicted molar refractivity (Wildman–Crippen MR) is 104 cm³/mol. The molecule has 1 aromatic heterocycles. The van der Waals surface area contributed by atoms with E-state index in [1.54, 1.807) is 23.0 Å². The first-order valence-corrected chi connectivity index (χ1v) is 11.0. The Labute approximate surface area is 165 Å². The van der Waals surface area contributed by atoms with E-state index in [9.17, 15) is 18.6 Å². The summed E-state index contributed by atoms with van der Waals surface area (Å²) < 4.78 is 30.7. The molecule has 1 heterocycles. The van der Waals surface area contributed by atoms with E-state index in [1.807, 2.05) is 13.2 Å². The SMILES string of the molecule is Cn1cc(CNCC2(COc3ccc(S(C)(=O)=O)cc3)CC(O)C(O)C2)cn1. The largest absolute Gasteiger partial charge is 0.493 e. The predicted octanol–water partition coefficient (Wildman–Crippen LogP) is 0.494. The van der Waals surface area contributed by atoms with Crippen LogP contribution in [-0.4, -0.2) is 60.0 Å². The Morgan fingerprint density at radius 3 is 2.43 bits per heavy atom. The van der Waals surface area contributed by atoms with Crippen molar-refractivity contribution < 1.29 is 23.4 Å². The number of nitrogens with zero attached hydrogens (tertiary/aromatic N) is 2. The molecule has 0 radical (unpaired) electrons. The summed E-state index contributed by atoms with van der Waals surface area (Å²) in [7, 11) is -1.39. The number of rotatable bonds is 8. The molecule has 1 aliphatic carbocycles. The number of aliphatic hydroxyl groups excluding tert-OH is 2. The van der Waals surface area contributed by atoms with Crippen molar-refractivity contribution in [2.24, 2.45) is 12.5 Å². The van der Waals surface area contributed by atoms with Crippen LogP contribution >= 0.6 is 0 Å². The Kier molecular flexibility index (Phi) is 6.09. The van der Waals surface area contributed by atoms with Crippen molar-refractivity contribution in [3.8, 4) is 5.75 Å². The molecule has 9 heteroatoms. The molecule has 1 saturated carbocycles. The van der Waals surface area contributed by atoms with Crippen molar-refractivity contribution >= 4 is 9.84 Å². The van der Waals surface area contributed by atoms with Gasteiger partial charge in [0, 0.05) is 43.6 Å². The zero-order chi connectivity index (χ0) is 20.4. The van der Waals surface area contributed by atoms with Crippen molar-refractivity contribution in [3.05, 3.63) is 42.2 Å². The van der Waals surface area contributed by atoms with Crippen molar-refractivity contribution in [3.63, 3.8) is 0 Å². The highest BCUT2D eigenvalue weighted by Crippen LogP contribution is 2.38. The number of aryl methyl sites for hydroxylation is 1. The number of aliphatic hydroxyl groups is 2. The molecule has 1 aromatic carbocycles. The van der Waals surface area contributed by atoms with E-state index in [0.29, 0.717) is 38.3 Å². The maximum absolute atomic E-state index is 11.6. The monoisotopic (exact) mass is 409 g/mol. The van der Waals surface area contributed by atoms with E-state index in [0.717, 1.165) is 11.8 Å². The fraction of sp³-hybridized carbons (Fsp3) is 0.526. The molecule has 2 atom stereocenters. The van der Waals surface area contributed by atoms with Crippen LogP contribution in [0.15, 0.2) is 41.6 Å². The van der Waals surface area contributed by atoms with E-state index in [4.69, 9.17) is 4.74 Å². The van der Waals surface area contributed by atoms with Gasteiger partial charge in [-0.15, -0.1) is 0 Å². The summed E-state index contributed by atoms with van der Waals surface area (Å²) in [6.45, 7) is 1.50. The second-order valence-corrected chi connectivity index (χ2v) is 9.72. The lowest BCUT2D eigenvalue weighted by Crippen LogP contribution is -2.37. The van der Waals surface area contributed by atoms with Gasteiger partial charge < -0.3 is 20.3 Å². The van der Waals surface area contributed by atoms with Crippen molar-refractivity contribution in [1.82, 2.24) is 15.1 Å². The molecular formula is C19H27N3O5S. The first-order chi connectivity index (χ1) is 13.2. The Balaban J connectivity index is 1.63. The van der Waals surface area contributed by atoms with E-state index in [1.165, 1.54) is 12.1 Å². The van der Waals surface area contributed by atoms with Crippen LogP contribution in [0.3, 0.4) is 0 Å². The lowest BCUT2D eigenvalue weighted by Gasteiger charge is -2.29. The fourth-order valence-corrected chi connectivity index (χ4v) is 4.24. The second-order valence-electron chi connectivity index (χ2n) is 7.70. The number of hydrogen-bond donors (Lipinski definition) is 3. The Morgan fingerprint density at radius 2 is 1.89 bits per heavy atom. The molecule has 154 valence electrons. The lowest BCUT2D eigenvalue weighted by molar-refractivity contribution is 0.0438. The van der Waals surface area contributed by atoms with Gasteiger partial charge in [-0.05, 0) is 37.1 Å². The fourth-order valence-electron chi connectivity index (χ4n) is 3.61. The van der Waals surface area contributed by atoms with Crippen LogP contribution in [0, 0.1) is 5.41 Å². The third-order valence-corrected chi connectivity index (χ3v) is 6.24. The topological polar surface area (TPSA) is 114 Å². The smallest absolute Gasteiger partial charge is 0.175 e. The third-order valence-electron chi connectivity index (χ3n) is 5.11. The zero-order valence-corrected chi connectivity index (χ0v) is 16.9. The minimum atomic E-state index is -3.25. The lowest BCUT2D eigenvalue weighted by atomic mass is 9.86. The molecule has 8 nitrogen and oxygen atoms in total. The summed E-state index contributed by atoms with van der Waals surface area (Å²) in [5.41, 5.74) is 0.630. The molecule has 0 amide bonds. The second kappa shape index (κ2) is 8.20. The standard InChI is InChI=1S/C19H27N3O5S/c1-22-11-14(10-21-22)9-20-12-19(7-17(23)18(24)8-19)13-27-15-3-5-16(6-4-15)28(2,25)26/h3-6,10-11,17-18,20,23-24H,7-9,12-13H2,1-2H3. The van der Waals surface area contributed by atoms with E-state index in [2.05, 4.69) is 10.4 Å². The Morgan fingerprint density at radius 1 is 1.25 bits per heavy atom. The minimum Gasteiger partial charge on any atom is -0.493 e. The number of aromatic nitrogens is 2. The summed E-state index contributed by atoms with van der Waals surface area (Å²) in [5, 5.41) is 27.6. The van der Waals surface area contributed by atoms with E-state index < -0.39 is 27.5 Å². The van der Waals surface area contributed by atoms with Crippen LogP contribution in [-0.2, 0) is 23.4 Å². The van der Waals surface area contributed by atoms with Gasteiger partial charge in [0.2, 0.25) is 0 Å². The molecule has 28 heavy (non-hydrogen) atoms. The molecule has 0 saturated heterocycles. The van der Waals surface area contributed by atoms with Gasteiger partial charge in [-0.3, -0.25) is 4.68 Å². The summed E-state index contributed by atoms with van der Waals surface area (Å²) in [6.07, 6.45) is 4.17. The van der Waals surface area contributed by atoms with Gasteiger partial charge in [0.25, 0.3) is 0 Å². The molecule has 3 N–H and O–H groups in total. The number of sulfone groups is 1. The summed E-state index contributed by atoms with van der Waals surface area (Å²) in [4.78, 5) is 0.236. The van der Waals surface area contributed by atoms with Gasteiger partial charge in [0.15, 0.2) is 9.84 Å². The molecule has 0 spiro atoms. The van der Waals surface area contributed by atoms with Crippen LogP contribution in [0.4, 0.5) is 0 Å². The molecule has 1 fully saturated rings. The quantitative estimate of drug-likeness (QED) is 0.582. The average Bonchev–Trinajstić information content (AvgIpc) is 3.16. The number of hydrogen-bond acceptors (Lipinski definition) is 7. The van der Waals surface area contributed by atoms with Crippen LogP contribution in [0.1, 0.15) is 18.4 Å². The molecule has 2 aromatic rings. The molecule has 1 aliphatic rings. The first-order valence-electron chi connectivity index (χ1n) is 9.14. The van der Waals surface area contributed by atoms with Crippen molar-refractivity contribution in [2.45, 2.75) is 36.5 Å². The van der Waals surface area contributed by atoms with Gasteiger partial charge >= 0.3 is 0 Å².